The second-order valence-electron chi connectivity index (χ2n) is 11.3. The zero-order chi connectivity index (χ0) is 28.8. The van der Waals surface area contributed by atoms with Crippen molar-refractivity contribution in [3.8, 4) is 22.6 Å². The van der Waals surface area contributed by atoms with Crippen LogP contribution in [0, 0.1) is 11.3 Å². The van der Waals surface area contributed by atoms with E-state index in [-0.39, 0.29) is 24.3 Å². The second-order valence-corrected chi connectivity index (χ2v) is 11.7. The van der Waals surface area contributed by atoms with E-state index in [0.717, 1.165) is 16.3 Å². The molecule has 2 heterocycles. The van der Waals surface area contributed by atoms with Crippen LogP contribution in [0.2, 0.25) is 5.02 Å². The van der Waals surface area contributed by atoms with Gasteiger partial charge in [-0.2, -0.15) is 0 Å². The summed E-state index contributed by atoms with van der Waals surface area (Å²) in [5.74, 6) is 0.296. The Morgan fingerprint density at radius 3 is 2.52 bits per heavy atom. The summed E-state index contributed by atoms with van der Waals surface area (Å²) < 4.78 is 11.9. The van der Waals surface area contributed by atoms with Crippen molar-refractivity contribution in [3.05, 3.63) is 53.6 Å². The molecule has 5 rings (SSSR count). The Labute approximate surface area is 237 Å². The third-order valence-electron chi connectivity index (χ3n) is 7.20. The van der Waals surface area contributed by atoms with Crippen LogP contribution in [-0.4, -0.2) is 60.3 Å². The van der Waals surface area contributed by atoms with Gasteiger partial charge >= 0.3 is 12.1 Å². The fourth-order valence-corrected chi connectivity index (χ4v) is 5.26. The normalized spacial score (nSPS) is 17.3. The number of carboxylic acid groups (broad SMARTS) is 1. The number of halogens is 1. The lowest BCUT2D eigenvalue weighted by atomic mass is 9.95. The van der Waals surface area contributed by atoms with E-state index in [1.54, 1.807) is 37.8 Å². The van der Waals surface area contributed by atoms with Gasteiger partial charge in [-0.05, 0) is 67.9 Å². The minimum atomic E-state index is -0.971. The van der Waals surface area contributed by atoms with Crippen molar-refractivity contribution in [2.75, 3.05) is 31.1 Å². The fraction of sp³-hybridized carbons (Fsp3) is 0.367. The van der Waals surface area contributed by atoms with Gasteiger partial charge in [0, 0.05) is 37.5 Å². The number of amides is 2. The number of hydrogen-bond donors (Lipinski definition) is 2. The average Bonchev–Trinajstić information content (AvgIpc) is 2.86. The smallest absolute Gasteiger partial charge is 0.407 e. The molecule has 1 atom stereocenters. The maximum absolute atomic E-state index is 13.4. The van der Waals surface area contributed by atoms with E-state index in [1.807, 2.05) is 36.4 Å². The number of anilines is 1. The molecule has 2 aliphatic heterocycles. The van der Waals surface area contributed by atoms with Gasteiger partial charge in [-0.3, -0.25) is 9.59 Å². The van der Waals surface area contributed by atoms with E-state index in [1.165, 1.54) is 4.90 Å². The maximum Gasteiger partial charge on any atom is 0.407 e. The van der Waals surface area contributed by atoms with Gasteiger partial charge in [0.05, 0.1) is 16.1 Å². The van der Waals surface area contributed by atoms with Crippen molar-refractivity contribution in [1.29, 1.82) is 0 Å². The molecule has 0 saturated carbocycles. The summed E-state index contributed by atoms with van der Waals surface area (Å²) in [7, 11) is 0. The summed E-state index contributed by atoms with van der Waals surface area (Å²) in [4.78, 5) is 40.2. The third-order valence-corrected chi connectivity index (χ3v) is 7.51. The molecule has 2 aliphatic rings. The highest BCUT2D eigenvalue weighted by Gasteiger charge is 2.39. The Morgan fingerprint density at radius 1 is 1.12 bits per heavy atom. The summed E-state index contributed by atoms with van der Waals surface area (Å²) in [6.07, 6.45) is -1.40. The number of esters is 1. The van der Waals surface area contributed by atoms with Crippen LogP contribution in [0.5, 0.6) is 11.5 Å². The SMILES string of the molecule is CC(C)(C)C(=O)Oc1cc(-c2cc3c(cc2Cl)N(CC2CN(C(=O)O)C2)C(=O)[C@@H](CCN)O3)c2ccccc2c1. The van der Waals surface area contributed by atoms with Crippen molar-refractivity contribution in [3.63, 3.8) is 0 Å². The molecule has 40 heavy (non-hydrogen) atoms. The van der Waals surface area contributed by atoms with Crippen LogP contribution in [0.4, 0.5) is 10.5 Å². The number of hydrogen-bond acceptors (Lipinski definition) is 6. The fourth-order valence-electron chi connectivity index (χ4n) is 5.00. The third kappa shape index (κ3) is 5.31. The predicted octanol–water partition coefficient (Wildman–Crippen LogP) is 5.16. The van der Waals surface area contributed by atoms with E-state index in [4.69, 9.17) is 26.8 Å². The summed E-state index contributed by atoms with van der Waals surface area (Å²) in [6, 6.07) is 14.9. The molecular formula is C30H32ClN3O6. The molecule has 0 aromatic heterocycles. The number of carbonyl (C=O) groups is 3. The summed E-state index contributed by atoms with van der Waals surface area (Å²) in [5.41, 5.74) is 7.04. The Morgan fingerprint density at radius 2 is 1.85 bits per heavy atom. The van der Waals surface area contributed by atoms with Crippen LogP contribution in [0.3, 0.4) is 0 Å². The van der Waals surface area contributed by atoms with Gasteiger partial charge in [-0.15, -0.1) is 0 Å². The van der Waals surface area contributed by atoms with Crippen LogP contribution in [0.25, 0.3) is 21.9 Å². The van der Waals surface area contributed by atoms with Crippen molar-refractivity contribution in [2.45, 2.75) is 33.3 Å². The molecule has 0 aliphatic carbocycles. The lowest BCUT2D eigenvalue weighted by Crippen LogP contribution is -2.56. The highest BCUT2D eigenvalue weighted by Crippen LogP contribution is 2.45. The molecule has 1 fully saturated rings. The van der Waals surface area contributed by atoms with Crippen molar-refractivity contribution in [1.82, 2.24) is 4.90 Å². The van der Waals surface area contributed by atoms with Gasteiger partial charge in [0.15, 0.2) is 6.10 Å². The number of ether oxygens (including phenoxy) is 2. The molecular weight excluding hydrogens is 534 g/mol. The van der Waals surface area contributed by atoms with Gasteiger partial charge in [0.1, 0.15) is 11.5 Å². The van der Waals surface area contributed by atoms with E-state index in [0.29, 0.717) is 53.8 Å². The van der Waals surface area contributed by atoms with Crippen LogP contribution in [-0.2, 0) is 9.59 Å². The molecule has 3 N–H and O–H groups in total. The lowest BCUT2D eigenvalue weighted by molar-refractivity contribution is -0.143. The van der Waals surface area contributed by atoms with E-state index < -0.39 is 17.6 Å². The van der Waals surface area contributed by atoms with Gasteiger partial charge in [0.2, 0.25) is 0 Å². The number of benzene rings is 3. The number of rotatable bonds is 6. The number of nitrogens with two attached hydrogens (primary N) is 1. The second kappa shape index (κ2) is 10.6. The predicted molar refractivity (Wildman–Crippen MR) is 153 cm³/mol. The standard InChI is InChI=1S/C30H32ClN3O6/c1-30(2,3)28(36)39-19-10-18-6-4-5-7-20(18)21(11-19)22-12-26-24(13-23(22)31)34(27(35)25(40-26)8-9-32)16-17-14-33(15-17)29(37)38/h4-7,10-13,17,25H,8-9,14-16,32H2,1-3H3,(H,37,38)/t25-/m1/s1. The Balaban J connectivity index is 1.57. The monoisotopic (exact) mass is 565 g/mol. The number of nitrogens with zero attached hydrogens (tertiary/aromatic N) is 2. The molecule has 0 spiro atoms. The average molecular weight is 566 g/mol. The minimum absolute atomic E-state index is 0.00102. The van der Waals surface area contributed by atoms with E-state index >= 15 is 0 Å². The van der Waals surface area contributed by atoms with Gasteiger partial charge < -0.3 is 30.1 Å². The minimum Gasteiger partial charge on any atom is -0.478 e. The zero-order valence-corrected chi connectivity index (χ0v) is 23.4. The first-order chi connectivity index (χ1) is 19.0. The summed E-state index contributed by atoms with van der Waals surface area (Å²) >= 11 is 6.88. The molecule has 3 aromatic carbocycles. The molecule has 2 amide bonds. The largest absolute Gasteiger partial charge is 0.478 e. The van der Waals surface area contributed by atoms with E-state index in [2.05, 4.69) is 0 Å². The van der Waals surface area contributed by atoms with Crippen molar-refractivity contribution in [2.24, 2.45) is 17.1 Å². The summed E-state index contributed by atoms with van der Waals surface area (Å²) in [6.45, 7) is 6.70. The maximum atomic E-state index is 13.4. The van der Waals surface area contributed by atoms with Crippen LogP contribution < -0.4 is 20.1 Å². The lowest BCUT2D eigenvalue weighted by Gasteiger charge is -2.42. The van der Waals surface area contributed by atoms with Gasteiger partial charge in [-0.1, -0.05) is 35.9 Å². The highest BCUT2D eigenvalue weighted by molar-refractivity contribution is 6.34. The summed E-state index contributed by atoms with van der Waals surface area (Å²) in [5, 5.41) is 11.4. The first kappa shape index (κ1) is 27.7. The van der Waals surface area contributed by atoms with Gasteiger partial charge in [0.25, 0.3) is 5.91 Å². The van der Waals surface area contributed by atoms with Crippen molar-refractivity contribution >= 4 is 46.0 Å². The van der Waals surface area contributed by atoms with E-state index in [9.17, 15) is 19.5 Å². The quantitative estimate of drug-likeness (QED) is 0.312. The molecule has 1 saturated heterocycles. The molecule has 210 valence electrons. The zero-order valence-electron chi connectivity index (χ0n) is 22.6. The molecule has 3 aromatic rings. The number of likely N-dealkylation sites (tertiary alicyclic amines) is 1. The first-order valence-electron chi connectivity index (χ1n) is 13.2. The molecule has 0 radical (unpaired) electrons. The Bertz CT molecular complexity index is 1490. The van der Waals surface area contributed by atoms with Crippen LogP contribution >= 0.6 is 11.6 Å². The Kier molecular flexibility index (Phi) is 7.37. The van der Waals surface area contributed by atoms with Crippen LogP contribution in [0.1, 0.15) is 27.2 Å². The first-order valence-corrected chi connectivity index (χ1v) is 13.6. The topological polar surface area (TPSA) is 122 Å². The Hall–Kier alpha value is -3.82. The molecule has 10 heteroatoms. The number of carbonyl (C=O) groups excluding carboxylic acids is 2. The molecule has 0 bridgehead atoms. The molecule has 0 unspecified atom stereocenters. The highest BCUT2D eigenvalue weighted by atomic mass is 35.5. The van der Waals surface area contributed by atoms with Crippen LogP contribution in [0.15, 0.2) is 48.5 Å². The molecule has 9 nitrogen and oxygen atoms in total. The van der Waals surface area contributed by atoms with Gasteiger partial charge in [-0.25, -0.2) is 4.79 Å². The number of fused-ring (bicyclic) bond motifs is 2. The van der Waals surface area contributed by atoms with Crippen molar-refractivity contribution < 1.29 is 29.0 Å².